The Morgan fingerprint density at radius 3 is 2.33 bits per heavy atom. The zero-order valence-corrected chi connectivity index (χ0v) is 9.07. The van der Waals surface area contributed by atoms with Crippen LogP contribution in [0.2, 0.25) is 0 Å². The van der Waals surface area contributed by atoms with Crippen LogP contribution in [0.5, 0.6) is 0 Å². The van der Waals surface area contributed by atoms with Gasteiger partial charge in [0.25, 0.3) is 0 Å². The van der Waals surface area contributed by atoms with E-state index in [2.05, 4.69) is 15.9 Å². The number of aliphatic carboxylic acids is 1. The van der Waals surface area contributed by atoms with E-state index in [4.69, 9.17) is 16.7 Å². The van der Waals surface area contributed by atoms with E-state index >= 15 is 0 Å². The molecule has 12 heavy (non-hydrogen) atoms. The molecule has 0 amide bonds. The van der Waals surface area contributed by atoms with Crippen molar-refractivity contribution in [3.05, 3.63) is 0 Å². The molecule has 0 saturated heterocycles. The summed E-state index contributed by atoms with van der Waals surface area (Å²) in [5.41, 5.74) is 0. The summed E-state index contributed by atoms with van der Waals surface area (Å²) in [6.45, 7) is 0. The summed E-state index contributed by atoms with van der Waals surface area (Å²) in [5, 5.41) is 8.81. The zero-order valence-electron chi connectivity index (χ0n) is 6.72. The fraction of sp³-hybridized carbons (Fsp3) is 0.875. The van der Waals surface area contributed by atoms with Crippen LogP contribution < -0.4 is 0 Å². The van der Waals surface area contributed by atoms with Gasteiger partial charge >= 0.3 is 5.97 Å². The zero-order chi connectivity index (χ0) is 9.19. The van der Waals surface area contributed by atoms with Gasteiger partial charge in [-0.2, -0.15) is 0 Å². The second-order valence-corrected chi connectivity index (χ2v) is 5.57. The molecule has 2 nitrogen and oxygen atoms in total. The number of halogens is 2. The van der Waals surface area contributed by atoms with Crippen LogP contribution in [0.1, 0.15) is 32.1 Å². The van der Waals surface area contributed by atoms with Crippen molar-refractivity contribution < 1.29 is 9.90 Å². The number of carbonyl (C=O) groups is 1. The van der Waals surface area contributed by atoms with Crippen LogP contribution in [0.25, 0.3) is 0 Å². The Morgan fingerprint density at radius 2 is 1.92 bits per heavy atom. The predicted molar refractivity (Wildman–Crippen MR) is 51.7 cm³/mol. The number of hydrogen-bond donors (Lipinski definition) is 1. The van der Waals surface area contributed by atoms with E-state index in [1.807, 2.05) is 0 Å². The van der Waals surface area contributed by atoms with Gasteiger partial charge in [-0.15, -0.1) is 0 Å². The minimum absolute atomic E-state index is 0.0745. The molecule has 0 aromatic rings. The van der Waals surface area contributed by atoms with Gasteiger partial charge in [-0.25, -0.2) is 4.79 Å². The smallest absolute Gasteiger partial charge is 0.336 e. The summed E-state index contributed by atoms with van der Waals surface area (Å²) in [5.74, 6) is -0.888. The van der Waals surface area contributed by atoms with Gasteiger partial charge < -0.3 is 5.11 Å². The molecule has 0 aliphatic heterocycles. The number of hydrogen-bond acceptors (Lipinski definition) is 1. The maximum atomic E-state index is 10.7. The third-order valence-electron chi connectivity index (χ3n) is 2.40. The lowest BCUT2D eigenvalue weighted by Crippen LogP contribution is -2.35. The van der Waals surface area contributed by atoms with Crippen molar-refractivity contribution in [2.45, 2.75) is 35.9 Å². The molecule has 4 heteroatoms. The van der Waals surface area contributed by atoms with Crippen molar-refractivity contribution in [2.24, 2.45) is 5.92 Å². The molecule has 1 aliphatic rings. The van der Waals surface area contributed by atoms with Crippen LogP contribution in [-0.4, -0.2) is 14.9 Å². The maximum Gasteiger partial charge on any atom is 0.336 e. The highest BCUT2D eigenvalue weighted by molar-refractivity contribution is 9.10. The van der Waals surface area contributed by atoms with Crippen molar-refractivity contribution >= 4 is 33.5 Å². The van der Waals surface area contributed by atoms with Crippen LogP contribution in [0.3, 0.4) is 0 Å². The Morgan fingerprint density at radius 1 is 1.42 bits per heavy atom. The first-order chi connectivity index (χ1) is 5.55. The lowest BCUT2D eigenvalue weighted by atomic mass is 9.86. The highest BCUT2D eigenvalue weighted by Crippen LogP contribution is 2.41. The molecule has 0 heterocycles. The summed E-state index contributed by atoms with van der Waals surface area (Å²) in [4.78, 5) is 10.7. The number of carboxylic acids is 1. The first-order valence-electron chi connectivity index (χ1n) is 4.16. The second-order valence-electron chi connectivity index (χ2n) is 3.26. The lowest BCUT2D eigenvalue weighted by Gasteiger charge is -2.29. The molecule has 70 valence electrons. The van der Waals surface area contributed by atoms with Crippen LogP contribution >= 0.6 is 27.5 Å². The molecule has 0 radical (unpaired) electrons. The van der Waals surface area contributed by atoms with Crippen molar-refractivity contribution in [2.75, 3.05) is 0 Å². The largest absolute Gasteiger partial charge is 0.479 e. The van der Waals surface area contributed by atoms with Crippen LogP contribution in [0.4, 0.5) is 0 Å². The average molecular weight is 256 g/mol. The monoisotopic (exact) mass is 254 g/mol. The molecule has 1 rings (SSSR count). The summed E-state index contributed by atoms with van der Waals surface area (Å²) < 4.78 is -1.23. The minimum Gasteiger partial charge on any atom is -0.479 e. The van der Waals surface area contributed by atoms with Gasteiger partial charge in [0.1, 0.15) is 0 Å². The SMILES string of the molecule is O=C(O)C(Cl)(Br)C1CCCCC1. The number of rotatable bonds is 2. The molecular weight excluding hydrogens is 243 g/mol. The molecule has 1 N–H and O–H groups in total. The molecule has 1 saturated carbocycles. The van der Waals surface area contributed by atoms with Gasteiger partial charge in [-0.1, -0.05) is 46.8 Å². The third kappa shape index (κ3) is 2.13. The molecule has 1 atom stereocenters. The fourth-order valence-corrected chi connectivity index (χ4v) is 2.32. The van der Waals surface area contributed by atoms with Crippen LogP contribution in [0.15, 0.2) is 0 Å². The second kappa shape index (κ2) is 3.97. The van der Waals surface area contributed by atoms with Gasteiger partial charge in [0, 0.05) is 0 Å². The van der Waals surface area contributed by atoms with E-state index in [-0.39, 0.29) is 5.92 Å². The fourth-order valence-electron chi connectivity index (χ4n) is 1.64. The van der Waals surface area contributed by atoms with Gasteiger partial charge in [0.05, 0.1) is 0 Å². The number of alkyl halides is 2. The number of carboxylic acid groups (broad SMARTS) is 1. The van der Waals surface area contributed by atoms with Crippen molar-refractivity contribution in [3.63, 3.8) is 0 Å². The Kier molecular flexibility index (Phi) is 3.41. The molecule has 1 aliphatic carbocycles. The van der Waals surface area contributed by atoms with Crippen molar-refractivity contribution in [3.8, 4) is 0 Å². The Hall–Kier alpha value is 0.240. The summed E-state index contributed by atoms with van der Waals surface area (Å²) in [7, 11) is 0. The molecule has 1 unspecified atom stereocenters. The van der Waals surface area contributed by atoms with E-state index in [9.17, 15) is 4.79 Å². The molecule has 0 aromatic carbocycles. The van der Waals surface area contributed by atoms with E-state index in [0.717, 1.165) is 25.7 Å². The van der Waals surface area contributed by atoms with E-state index < -0.39 is 9.75 Å². The molecule has 0 spiro atoms. The lowest BCUT2D eigenvalue weighted by molar-refractivity contribution is -0.138. The van der Waals surface area contributed by atoms with Crippen LogP contribution in [0, 0.1) is 5.92 Å². The molecule has 1 fully saturated rings. The van der Waals surface area contributed by atoms with Gasteiger partial charge in [0.15, 0.2) is 3.78 Å². The van der Waals surface area contributed by atoms with E-state index in [0.29, 0.717) is 0 Å². The molecule has 0 aromatic heterocycles. The predicted octanol–water partition coefficient (Wildman–Crippen LogP) is 2.98. The molecular formula is C8H12BrClO2. The standard InChI is InChI=1S/C8H12BrClO2/c9-8(10,7(11)12)6-4-2-1-3-5-6/h6H,1-5H2,(H,11,12). The maximum absolute atomic E-state index is 10.7. The Bertz CT molecular complexity index is 176. The van der Waals surface area contributed by atoms with Gasteiger partial charge in [0.2, 0.25) is 0 Å². The van der Waals surface area contributed by atoms with Gasteiger partial charge in [-0.3, -0.25) is 0 Å². The highest BCUT2D eigenvalue weighted by atomic mass is 79.9. The van der Waals surface area contributed by atoms with Crippen molar-refractivity contribution in [1.29, 1.82) is 0 Å². The average Bonchev–Trinajstić information content (AvgIpc) is 2.06. The van der Waals surface area contributed by atoms with Crippen LogP contribution in [-0.2, 0) is 4.79 Å². The Labute approximate surface area is 85.4 Å². The first-order valence-corrected chi connectivity index (χ1v) is 5.33. The first kappa shape index (κ1) is 10.3. The highest BCUT2D eigenvalue weighted by Gasteiger charge is 2.41. The minimum atomic E-state index is -1.23. The topological polar surface area (TPSA) is 37.3 Å². The summed E-state index contributed by atoms with van der Waals surface area (Å²) >= 11 is 8.94. The van der Waals surface area contributed by atoms with E-state index in [1.54, 1.807) is 0 Å². The van der Waals surface area contributed by atoms with Crippen molar-refractivity contribution in [1.82, 2.24) is 0 Å². The quantitative estimate of drug-likeness (QED) is 0.770. The normalized spacial score (nSPS) is 24.8. The Balaban J connectivity index is 2.59. The summed E-state index contributed by atoms with van der Waals surface area (Å²) in [6, 6.07) is 0. The third-order valence-corrected chi connectivity index (χ3v) is 3.86. The van der Waals surface area contributed by atoms with E-state index in [1.165, 1.54) is 6.42 Å². The molecule has 0 bridgehead atoms. The summed E-state index contributed by atoms with van der Waals surface area (Å²) in [6.07, 6.45) is 5.23. The van der Waals surface area contributed by atoms with Gasteiger partial charge in [-0.05, 0) is 18.8 Å².